The van der Waals surface area contributed by atoms with Gasteiger partial charge in [-0.25, -0.2) is 10.2 Å². The van der Waals surface area contributed by atoms with Crippen LogP contribution in [0.1, 0.15) is 31.2 Å². The van der Waals surface area contributed by atoms with E-state index in [4.69, 9.17) is 23.2 Å². The first-order valence-electron chi connectivity index (χ1n) is 9.47. The van der Waals surface area contributed by atoms with E-state index in [9.17, 15) is 4.79 Å². The van der Waals surface area contributed by atoms with Crippen molar-refractivity contribution in [1.82, 2.24) is 10.3 Å². The van der Waals surface area contributed by atoms with Gasteiger partial charge in [-0.3, -0.25) is 0 Å². The number of urea groups is 1. The highest BCUT2D eigenvalue weighted by Crippen LogP contribution is 2.15. The topological polar surface area (TPSA) is 56.7 Å². The molecule has 2 aromatic rings. The molecule has 1 heterocycles. The summed E-state index contributed by atoms with van der Waals surface area (Å²) in [5, 5.41) is 8.41. The molecule has 0 aliphatic carbocycles. The van der Waals surface area contributed by atoms with E-state index < -0.39 is 6.03 Å². The Morgan fingerprint density at radius 1 is 0.929 bits per heavy atom. The van der Waals surface area contributed by atoms with Crippen molar-refractivity contribution in [1.29, 1.82) is 0 Å². The van der Waals surface area contributed by atoms with E-state index in [1.54, 1.807) is 24.3 Å². The SMILES string of the molecule is O=C(N/N=C(\CCN1CCCCC1)c1ccc(Cl)cc1)Nc1ccc(Cl)cc1. The van der Waals surface area contributed by atoms with Crippen LogP contribution in [0.3, 0.4) is 0 Å². The van der Waals surface area contributed by atoms with Crippen molar-refractivity contribution in [2.45, 2.75) is 25.7 Å². The molecule has 0 bridgehead atoms. The van der Waals surface area contributed by atoms with Crippen LogP contribution in [0.5, 0.6) is 0 Å². The highest BCUT2D eigenvalue weighted by molar-refractivity contribution is 6.31. The molecule has 3 rings (SSSR count). The van der Waals surface area contributed by atoms with Crippen molar-refractivity contribution < 1.29 is 4.79 Å². The second kappa shape index (κ2) is 10.5. The van der Waals surface area contributed by atoms with Crippen molar-refractivity contribution in [3.05, 3.63) is 64.1 Å². The number of amides is 2. The molecule has 5 nitrogen and oxygen atoms in total. The molecule has 2 amide bonds. The van der Waals surface area contributed by atoms with Crippen LogP contribution >= 0.6 is 23.2 Å². The third kappa shape index (κ3) is 6.51. The maximum Gasteiger partial charge on any atom is 0.339 e. The van der Waals surface area contributed by atoms with Gasteiger partial charge < -0.3 is 10.2 Å². The molecule has 1 aliphatic rings. The molecule has 2 aromatic carbocycles. The quantitative estimate of drug-likeness (QED) is 0.487. The number of hydrogen-bond acceptors (Lipinski definition) is 3. The van der Waals surface area contributed by atoms with E-state index in [-0.39, 0.29) is 0 Å². The molecule has 1 aliphatic heterocycles. The normalized spacial score (nSPS) is 15.3. The molecule has 0 spiro atoms. The first-order chi connectivity index (χ1) is 13.6. The number of rotatable bonds is 6. The summed E-state index contributed by atoms with van der Waals surface area (Å²) in [4.78, 5) is 14.6. The molecule has 28 heavy (non-hydrogen) atoms. The van der Waals surface area contributed by atoms with Gasteiger partial charge in [0.2, 0.25) is 0 Å². The number of likely N-dealkylation sites (tertiary alicyclic amines) is 1. The van der Waals surface area contributed by atoms with Crippen molar-refractivity contribution in [3.63, 3.8) is 0 Å². The lowest BCUT2D eigenvalue weighted by Crippen LogP contribution is -2.32. The van der Waals surface area contributed by atoms with Crippen LogP contribution in [0.4, 0.5) is 10.5 Å². The highest BCUT2D eigenvalue weighted by Gasteiger charge is 2.13. The van der Waals surface area contributed by atoms with Gasteiger partial charge in [-0.15, -0.1) is 0 Å². The number of carbonyl (C=O) groups is 1. The first-order valence-corrected chi connectivity index (χ1v) is 10.2. The lowest BCUT2D eigenvalue weighted by Gasteiger charge is -2.26. The van der Waals surface area contributed by atoms with Crippen molar-refractivity contribution in [2.75, 3.05) is 25.0 Å². The fourth-order valence-electron chi connectivity index (χ4n) is 3.16. The monoisotopic (exact) mass is 418 g/mol. The van der Waals surface area contributed by atoms with Crippen LogP contribution < -0.4 is 10.7 Å². The van der Waals surface area contributed by atoms with E-state index in [0.29, 0.717) is 15.7 Å². The Morgan fingerprint density at radius 3 is 2.18 bits per heavy atom. The average molecular weight is 419 g/mol. The largest absolute Gasteiger partial charge is 0.339 e. The summed E-state index contributed by atoms with van der Waals surface area (Å²) in [6.45, 7) is 3.17. The molecule has 0 unspecified atom stereocenters. The number of hydrogen-bond donors (Lipinski definition) is 2. The average Bonchev–Trinajstić information content (AvgIpc) is 2.71. The molecular formula is C21H24Cl2N4O. The Hall–Kier alpha value is -2.08. The summed E-state index contributed by atoms with van der Waals surface area (Å²) >= 11 is 11.9. The van der Waals surface area contributed by atoms with Gasteiger partial charge in [0.1, 0.15) is 0 Å². The predicted molar refractivity (Wildman–Crippen MR) is 117 cm³/mol. The van der Waals surface area contributed by atoms with Crippen LogP contribution in [0.2, 0.25) is 10.0 Å². The molecule has 0 atom stereocenters. The second-order valence-corrected chi connectivity index (χ2v) is 7.66. The van der Waals surface area contributed by atoms with Gasteiger partial charge in [-0.05, 0) is 67.9 Å². The lowest BCUT2D eigenvalue weighted by molar-refractivity contribution is 0.235. The Kier molecular flexibility index (Phi) is 7.71. The number of nitrogens with one attached hydrogen (secondary N) is 2. The fourth-order valence-corrected chi connectivity index (χ4v) is 3.42. The molecule has 0 saturated carbocycles. The number of piperidine rings is 1. The number of anilines is 1. The molecule has 0 radical (unpaired) electrons. The van der Waals surface area contributed by atoms with Crippen LogP contribution in [0.15, 0.2) is 53.6 Å². The summed E-state index contributed by atoms with van der Waals surface area (Å²) in [6, 6.07) is 14.0. The minimum atomic E-state index is -0.397. The molecule has 0 aromatic heterocycles. The first kappa shape index (κ1) is 20.6. The van der Waals surface area contributed by atoms with Gasteiger partial charge in [0.15, 0.2) is 0 Å². The van der Waals surface area contributed by atoms with Crippen LogP contribution in [0.25, 0.3) is 0 Å². The Morgan fingerprint density at radius 2 is 1.54 bits per heavy atom. The van der Waals surface area contributed by atoms with Crippen LogP contribution in [-0.2, 0) is 0 Å². The Balaban J connectivity index is 1.64. The van der Waals surface area contributed by atoms with Gasteiger partial charge in [0, 0.05) is 28.7 Å². The molecule has 148 valence electrons. The fraction of sp³-hybridized carbons (Fsp3) is 0.333. The van der Waals surface area contributed by atoms with Crippen LogP contribution in [-0.4, -0.2) is 36.3 Å². The molecule has 2 N–H and O–H groups in total. The van der Waals surface area contributed by atoms with Gasteiger partial charge in [-0.2, -0.15) is 5.10 Å². The van der Waals surface area contributed by atoms with Crippen molar-refractivity contribution in [2.24, 2.45) is 5.10 Å². The lowest BCUT2D eigenvalue weighted by atomic mass is 10.1. The van der Waals surface area contributed by atoms with Crippen molar-refractivity contribution >= 4 is 40.6 Å². The predicted octanol–water partition coefficient (Wildman–Crippen LogP) is 5.40. The van der Waals surface area contributed by atoms with Crippen molar-refractivity contribution in [3.8, 4) is 0 Å². The van der Waals surface area contributed by atoms with Gasteiger partial charge in [0.05, 0.1) is 5.71 Å². The van der Waals surface area contributed by atoms with Gasteiger partial charge >= 0.3 is 6.03 Å². The molecule has 1 fully saturated rings. The van der Waals surface area contributed by atoms with Gasteiger partial charge in [0.25, 0.3) is 0 Å². The summed E-state index contributed by atoms with van der Waals surface area (Å²) in [5.74, 6) is 0. The van der Waals surface area contributed by atoms with E-state index in [0.717, 1.165) is 37.3 Å². The standard InChI is InChI=1S/C21H24Cl2N4O/c22-17-6-4-16(5-7-17)20(12-15-27-13-2-1-3-14-27)25-26-21(28)24-19-10-8-18(23)9-11-19/h4-11H,1-3,12-15H2,(H2,24,26,28)/b25-20+. The summed E-state index contributed by atoms with van der Waals surface area (Å²) in [7, 11) is 0. The summed E-state index contributed by atoms with van der Waals surface area (Å²) in [5.41, 5.74) is 5.03. The second-order valence-electron chi connectivity index (χ2n) is 6.79. The number of carbonyl (C=O) groups excluding carboxylic acids is 1. The number of halogens is 2. The highest BCUT2D eigenvalue weighted by atomic mass is 35.5. The molecule has 1 saturated heterocycles. The zero-order chi connectivity index (χ0) is 19.8. The van der Waals surface area contributed by atoms with E-state index in [1.165, 1.54) is 19.3 Å². The molecule has 7 heteroatoms. The number of nitrogens with zero attached hydrogens (tertiary/aromatic N) is 2. The minimum Gasteiger partial charge on any atom is -0.307 e. The smallest absolute Gasteiger partial charge is 0.307 e. The minimum absolute atomic E-state index is 0.397. The zero-order valence-electron chi connectivity index (χ0n) is 15.6. The third-order valence-electron chi connectivity index (χ3n) is 4.69. The summed E-state index contributed by atoms with van der Waals surface area (Å²) in [6.07, 6.45) is 4.55. The van der Waals surface area contributed by atoms with E-state index in [2.05, 4.69) is 20.7 Å². The van der Waals surface area contributed by atoms with Gasteiger partial charge in [-0.1, -0.05) is 41.8 Å². The summed E-state index contributed by atoms with van der Waals surface area (Å²) < 4.78 is 0. The van der Waals surface area contributed by atoms with E-state index >= 15 is 0 Å². The third-order valence-corrected chi connectivity index (χ3v) is 5.19. The number of benzene rings is 2. The van der Waals surface area contributed by atoms with Crippen LogP contribution in [0, 0.1) is 0 Å². The molecular weight excluding hydrogens is 395 g/mol. The Labute approximate surface area is 175 Å². The zero-order valence-corrected chi connectivity index (χ0v) is 17.1. The van der Waals surface area contributed by atoms with E-state index in [1.807, 2.05) is 24.3 Å². The number of hydrazone groups is 1. The maximum atomic E-state index is 12.2. The maximum absolute atomic E-state index is 12.2. The Bertz CT molecular complexity index is 800.